The molecule has 7 heteroatoms. The van der Waals surface area contributed by atoms with Crippen LogP contribution in [-0.2, 0) is 4.52 Å². The van der Waals surface area contributed by atoms with Crippen LogP contribution in [0.4, 0.5) is 13.2 Å². The van der Waals surface area contributed by atoms with Gasteiger partial charge >= 0.3 is 23.0 Å². The molecule has 0 saturated heterocycles. The van der Waals surface area contributed by atoms with Crippen molar-refractivity contribution in [2.45, 2.75) is 25.8 Å². The van der Waals surface area contributed by atoms with Crippen molar-refractivity contribution in [3.8, 4) is 0 Å². The Balaban J connectivity index is 3.64. The van der Waals surface area contributed by atoms with E-state index in [1.165, 1.54) is 0 Å². The van der Waals surface area contributed by atoms with Gasteiger partial charge < -0.3 is 0 Å². The van der Waals surface area contributed by atoms with Crippen LogP contribution in [0.1, 0.15) is 0 Å². The first-order valence-corrected chi connectivity index (χ1v) is 7.68. The van der Waals surface area contributed by atoms with Gasteiger partial charge in [0.05, 0.1) is 0 Å². The number of rotatable bonds is 3. The fraction of sp³-hybridized carbons (Fsp3) is 1.00. The Hall–Kier alpha value is 0.0669. The van der Waals surface area contributed by atoms with Gasteiger partial charge in [-0.2, -0.15) is 13.2 Å². The fourth-order valence-electron chi connectivity index (χ4n) is 0.275. The molecular formula is C5H12F3NOPSi+. The lowest BCUT2D eigenvalue weighted by Crippen LogP contribution is -2.80. The third-order valence-electron chi connectivity index (χ3n) is 0.674. The lowest BCUT2D eigenvalue weighted by atomic mass is 10.7. The van der Waals surface area contributed by atoms with E-state index in [1.54, 1.807) is 0 Å². The molecule has 0 aromatic carbocycles. The van der Waals surface area contributed by atoms with Crippen LogP contribution in [-0.4, -0.2) is 21.0 Å². The summed E-state index contributed by atoms with van der Waals surface area (Å²) in [7, 11) is -1.29. The van der Waals surface area contributed by atoms with Gasteiger partial charge in [0, 0.05) is 0 Å². The van der Waals surface area contributed by atoms with Crippen LogP contribution in [0.2, 0.25) is 19.6 Å². The average Bonchev–Trinajstić information content (AvgIpc) is 1.76. The zero-order valence-electron chi connectivity index (χ0n) is 7.20. The Morgan fingerprint density at radius 3 is 2.17 bits per heavy atom. The van der Waals surface area contributed by atoms with Crippen molar-refractivity contribution >= 4 is 16.8 Å². The predicted octanol–water partition coefficient (Wildman–Crippen LogP) is 1.53. The quantitative estimate of drug-likeness (QED) is 0.563. The highest BCUT2D eigenvalue weighted by molar-refractivity contribution is 7.18. The van der Waals surface area contributed by atoms with Gasteiger partial charge in [-0.3, -0.25) is 8.93 Å². The van der Waals surface area contributed by atoms with Gasteiger partial charge in [-0.25, -0.2) is 0 Å². The van der Waals surface area contributed by atoms with E-state index in [2.05, 4.69) is 8.93 Å². The van der Waals surface area contributed by atoms with Crippen LogP contribution in [0, 0.1) is 0 Å². The second-order valence-electron chi connectivity index (χ2n) is 3.34. The zero-order chi connectivity index (χ0) is 9.83. The van der Waals surface area contributed by atoms with Crippen LogP contribution in [0.5, 0.6) is 0 Å². The summed E-state index contributed by atoms with van der Waals surface area (Å²) < 4.78 is 41.8. The molecule has 0 radical (unpaired) electrons. The molecule has 0 spiro atoms. The maximum atomic E-state index is 11.5. The number of halogens is 3. The highest BCUT2D eigenvalue weighted by atomic mass is 31.1. The van der Waals surface area contributed by atoms with Gasteiger partial charge in [-0.05, 0) is 19.6 Å². The summed E-state index contributed by atoms with van der Waals surface area (Å²) in [5, 5.41) is 0. The molecule has 0 fully saturated rings. The standard InChI is InChI=1S/C5H11F3NOPSi/c1-12(2,3)9-11-10-4-5(6,7)8/h4H2,1-3H3/p+1. The Morgan fingerprint density at radius 2 is 1.83 bits per heavy atom. The van der Waals surface area contributed by atoms with Crippen molar-refractivity contribution in [3.05, 3.63) is 0 Å². The van der Waals surface area contributed by atoms with Crippen LogP contribution in [0.15, 0.2) is 0 Å². The summed E-state index contributed by atoms with van der Waals surface area (Å²) >= 11 is 0. The summed E-state index contributed by atoms with van der Waals surface area (Å²) in [6.45, 7) is 4.76. The third kappa shape index (κ3) is 10.1. The monoisotopic (exact) mass is 218 g/mol. The molecule has 0 aliphatic heterocycles. The van der Waals surface area contributed by atoms with E-state index >= 15 is 0 Å². The number of alkyl halides is 3. The molecule has 12 heavy (non-hydrogen) atoms. The van der Waals surface area contributed by atoms with Crippen molar-refractivity contribution in [1.82, 2.24) is 0 Å². The molecule has 0 heterocycles. The maximum absolute atomic E-state index is 11.5. The van der Waals surface area contributed by atoms with Crippen molar-refractivity contribution in [2.24, 2.45) is 0 Å². The Morgan fingerprint density at radius 1 is 1.33 bits per heavy atom. The molecule has 0 aromatic heterocycles. The average molecular weight is 218 g/mol. The summed E-state index contributed by atoms with van der Waals surface area (Å²) in [5.41, 5.74) is 0. The van der Waals surface area contributed by atoms with Gasteiger partial charge in [-0.1, -0.05) is 0 Å². The van der Waals surface area contributed by atoms with E-state index in [0.717, 1.165) is 0 Å². The smallest absolute Gasteiger partial charge is 0.282 e. The van der Waals surface area contributed by atoms with Crippen LogP contribution in [0.3, 0.4) is 0 Å². The molecule has 0 saturated carbocycles. The van der Waals surface area contributed by atoms with Crippen molar-refractivity contribution in [1.29, 1.82) is 0 Å². The summed E-state index contributed by atoms with van der Waals surface area (Å²) in [6.07, 6.45) is -4.23. The number of hydrogen-bond acceptors (Lipinski definition) is 1. The first kappa shape index (κ1) is 12.1. The first-order chi connectivity index (χ1) is 5.21. The molecule has 0 aliphatic carbocycles. The van der Waals surface area contributed by atoms with Gasteiger partial charge in [0.25, 0.3) is 0 Å². The van der Waals surface area contributed by atoms with Gasteiger partial charge in [0.15, 0.2) is 6.61 Å². The van der Waals surface area contributed by atoms with E-state index in [4.69, 9.17) is 0 Å². The molecule has 0 bridgehead atoms. The Bertz CT molecular complexity index is 165. The second-order valence-corrected chi connectivity index (χ2v) is 9.18. The topological polar surface area (TPSA) is 23.2 Å². The minimum atomic E-state index is -4.23. The first-order valence-electron chi connectivity index (χ1n) is 3.37. The second kappa shape index (κ2) is 4.34. The molecule has 0 unspecified atom stereocenters. The SMILES string of the molecule is C[Si](C)(C)[NH+]=POCC(F)(F)F. The zero-order valence-corrected chi connectivity index (χ0v) is 9.09. The lowest BCUT2D eigenvalue weighted by Gasteiger charge is -2.01. The van der Waals surface area contributed by atoms with Crippen molar-refractivity contribution in [3.63, 3.8) is 0 Å². The Labute approximate surface area is 72.2 Å². The van der Waals surface area contributed by atoms with E-state index in [-0.39, 0.29) is 8.60 Å². The summed E-state index contributed by atoms with van der Waals surface area (Å²) in [6, 6.07) is 0. The van der Waals surface area contributed by atoms with Crippen LogP contribution >= 0.6 is 8.60 Å². The summed E-state index contributed by atoms with van der Waals surface area (Å²) in [5.74, 6) is 0. The largest absolute Gasteiger partial charge is 0.412 e. The van der Waals surface area contributed by atoms with E-state index in [9.17, 15) is 13.2 Å². The molecule has 0 rings (SSSR count). The molecule has 0 aliphatic rings. The molecule has 72 valence electrons. The highest BCUT2D eigenvalue weighted by Crippen LogP contribution is 2.16. The van der Waals surface area contributed by atoms with Crippen molar-refractivity contribution < 1.29 is 22.1 Å². The molecule has 1 N–H and O–H groups in total. The van der Waals surface area contributed by atoms with E-state index in [0.29, 0.717) is 0 Å². The fourth-order valence-corrected chi connectivity index (χ4v) is 1.84. The van der Waals surface area contributed by atoms with Crippen molar-refractivity contribution in [2.75, 3.05) is 6.61 Å². The molecular weight excluding hydrogens is 206 g/mol. The Kier molecular flexibility index (Phi) is 4.37. The minimum Gasteiger partial charge on any atom is -0.282 e. The number of nitrogens with one attached hydrogen (secondary N) is 1. The minimum absolute atomic E-state index is 0.214. The molecule has 0 atom stereocenters. The van der Waals surface area contributed by atoms with Crippen LogP contribution in [0.25, 0.3) is 0 Å². The predicted molar refractivity (Wildman–Crippen MR) is 43.2 cm³/mol. The summed E-state index contributed by atoms with van der Waals surface area (Å²) in [4.78, 5) is 0. The molecule has 0 amide bonds. The van der Waals surface area contributed by atoms with Crippen LogP contribution < -0.4 is 4.41 Å². The van der Waals surface area contributed by atoms with E-state index < -0.39 is 21.0 Å². The molecule has 0 aromatic rings. The highest BCUT2D eigenvalue weighted by Gasteiger charge is 2.28. The normalized spacial score (nSPS) is 14.2. The lowest BCUT2D eigenvalue weighted by molar-refractivity contribution is -0.282. The maximum Gasteiger partial charge on any atom is 0.412 e. The van der Waals surface area contributed by atoms with Gasteiger partial charge in [0.1, 0.15) is 0 Å². The number of hydrogen-bond donors (Lipinski definition) is 1. The van der Waals surface area contributed by atoms with Gasteiger partial charge in [-0.15, -0.1) is 0 Å². The third-order valence-corrected chi connectivity index (χ3v) is 3.98. The van der Waals surface area contributed by atoms with Gasteiger partial charge in [0.2, 0.25) is 0 Å². The molecule has 2 nitrogen and oxygen atoms in total. The van der Waals surface area contributed by atoms with E-state index in [1.807, 2.05) is 19.6 Å².